The van der Waals surface area contributed by atoms with Gasteiger partial charge >= 0.3 is 47.8 Å². The molecule has 77 heavy (non-hydrogen) atoms. The van der Waals surface area contributed by atoms with Crippen LogP contribution >= 0.6 is 0 Å². The van der Waals surface area contributed by atoms with Crippen molar-refractivity contribution in [1.29, 1.82) is 0 Å². The van der Waals surface area contributed by atoms with Crippen molar-refractivity contribution in [3.63, 3.8) is 0 Å². The number of hydrogen-bond acceptors (Lipinski definition) is 20. The summed E-state index contributed by atoms with van der Waals surface area (Å²) >= 11 is 0. The molecule has 20 heteroatoms. The molecule has 0 spiro atoms. The van der Waals surface area contributed by atoms with Crippen LogP contribution in [-0.4, -0.2) is 85.1 Å². The second-order valence-electron chi connectivity index (χ2n) is 16.8. The number of fused-ring (bicyclic) bond motifs is 1. The fourth-order valence-corrected chi connectivity index (χ4v) is 7.85. The van der Waals surface area contributed by atoms with Gasteiger partial charge in [0.15, 0.2) is 29.5 Å². The molecule has 3 unspecified atom stereocenters. The van der Waals surface area contributed by atoms with Crippen molar-refractivity contribution in [2.24, 2.45) is 0 Å². The molecular weight excluding hydrogens is 1000 g/mol. The third kappa shape index (κ3) is 13.1. The fourth-order valence-electron chi connectivity index (χ4n) is 7.85. The molecular formula is C57H44O20. The van der Waals surface area contributed by atoms with Crippen molar-refractivity contribution in [2.45, 2.75) is 58.4 Å². The van der Waals surface area contributed by atoms with Crippen LogP contribution in [0.15, 0.2) is 161 Å². The lowest BCUT2D eigenvalue weighted by atomic mass is 9.97. The lowest BCUT2D eigenvalue weighted by Gasteiger charge is -2.44. The molecule has 0 aliphatic carbocycles. The summed E-state index contributed by atoms with van der Waals surface area (Å²) in [6, 6.07) is 36.7. The number of carbonyl (C=O) groups excluding carboxylic acids is 8. The first-order valence-corrected chi connectivity index (χ1v) is 23.4. The summed E-state index contributed by atoms with van der Waals surface area (Å²) in [5.41, 5.74) is -1.32. The van der Waals surface area contributed by atoms with Crippen LogP contribution in [0, 0.1) is 0 Å². The van der Waals surface area contributed by atoms with Gasteiger partial charge in [0.1, 0.15) is 35.2 Å². The SMILES string of the molecule is CC(=O)Oc1ccc(-c2oc3cc(O[C@@H]4OC(COC(=O)c5ccccc5)[C@@H](OC(=O)c5ccccc5)C(OC(=O)c5ccccc5)C4OC(=O)c4ccccc4)cc(OC(C)=O)c3c(=O)c2OC(C)=O)cc1OC(C)=O. The Kier molecular flexibility index (Phi) is 16.6. The van der Waals surface area contributed by atoms with Gasteiger partial charge in [-0.15, -0.1) is 0 Å². The molecule has 1 aliphatic rings. The molecule has 1 aromatic heterocycles. The maximum absolute atomic E-state index is 14.6. The molecule has 0 saturated carbocycles. The Balaban J connectivity index is 1.31. The van der Waals surface area contributed by atoms with Gasteiger partial charge in [-0.1, -0.05) is 72.8 Å². The first-order chi connectivity index (χ1) is 37.0. The van der Waals surface area contributed by atoms with E-state index in [1.807, 2.05) is 0 Å². The van der Waals surface area contributed by atoms with Crippen LogP contribution in [0.5, 0.6) is 28.7 Å². The van der Waals surface area contributed by atoms with Crippen LogP contribution in [-0.2, 0) is 42.9 Å². The summed E-state index contributed by atoms with van der Waals surface area (Å²) in [5.74, 6) is -9.84. The van der Waals surface area contributed by atoms with Gasteiger partial charge in [-0.3, -0.25) is 24.0 Å². The Hall–Kier alpha value is -9.95. The summed E-state index contributed by atoms with van der Waals surface area (Å²) in [6.45, 7) is 3.51. The zero-order chi connectivity index (χ0) is 54.8. The second kappa shape index (κ2) is 23.9. The summed E-state index contributed by atoms with van der Waals surface area (Å²) in [7, 11) is 0. The van der Waals surface area contributed by atoms with E-state index in [9.17, 15) is 43.2 Å². The third-order valence-corrected chi connectivity index (χ3v) is 11.1. The Morgan fingerprint density at radius 2 is 0.922 bits per heavy atom. The molecule has 392 valence electrons. The van der Waals surface area contributed by atoms with Crippen molar-refractivity contribution >= 4 is 58.7 Å². The molecule has 1 aliphatic heterocycles. The zero-order valence-electron chi connectivity index (χ0n) is 41.2. The maximum atomic E-state index is 14.6. The van der Waals surface area contributed by atoms with E-state index in [0.29, 0.717) is 0 Å². The average molecular weight is 1050 g/mol. The minimum atomic E-state index is -1.95. The van der Waals surface area contributed by atoms with Crippen LogP contribution in [0.3, 0.4) is 0 Å². The first-order valence-electron chi connectivity index (χ1n) is 23.4. The molecule has 0 radical (unpaired) electrons. The molecule has 20 nitrogen and oxygen atoms in total. The summed E-state index contributed by atoms with van der Waals surface area (Å²) in [5, 5.41) is -0.464. The average Bonchev–Trinajstić information content (AvgIpc) is 3.46. The zero-order valence-corrected chi connectivity index (χ0v) is 41.2. The van der Waals surface area contributed by atoms with Crippen molar-refractivity contribution in [1.82, 2.24) is 0 Å². The van der Waals surface area contributed by atoms with Crippen molar-refractivity contribution in [3.8, 4) is 40.1 Å². The van der Waals surface area contributed by atoms with Gasteiger partial charge in [0, 0.05) is 45.4 Å². The topological polar surface area (TPSA) is 259 Å². The summed E-state index contributed by atoms with van der Waals surface area (Å²) in [4.78, 5) is 120. The molecule has 5 atom stereocenters. The molecule has 0 bridgehead atoms. The maximum Gasteiger partial charge on any atom is 0.338 e. The first kappa shape index (κ1) is 53.3. The lowest BCUT2D eigenvalue weighted by molar-refractivity contribution is -0.275. The van der Waals surface area contributed by atoms with Gasteiger partial charge in [-0.05, 0) is 66.7 Å². The molecule has 2 heterocycles. The van der Waals surface area contributed by atoms with E-state index in [0.717, 1.165) is 45.9 Å². The minimum Gasteiger partial charge on any atom is -0.460 e. The van der Waals surface area contributed by atoms with Gasteiger partial charge in [-0.25, -0.2) is 19.2 Å². The van der Waals surface area contributed by atoms with Crippen molar-refractivity contribution in [3.05, 3.63) is 184 Å². The van der Waals surface area contributed by atoms with Crippen LogP contribution in [0.4, 0.5) is 0 Å². The molecule has 6 aromatic carbocycles. The van der Waals surface area contributed by atoms with Crippen LogP contribution in [0.2, 0.25) is 0 Å². The van der Waals surface area contributed by atoms with E-state index < -0.39 is 119 Å². The highest BCUT2D eigenvalue weighted by molar-refractivity contribution is 5.93. The van der Waals surface area contributed by atoms with Crippen LogP contribution < -0.4 is 29.1 Å². The Labute approximate surface area is 436 Å². The van der Waals surface area contributed by atoms with Gasteiger partial charge in [0.2, 0.25) is 23.6 Å². The molecule has 0 amide bonds. The molecule has 8 rings (SSSR count). The normalized spacial score (nSPS) is 16.6. The predicted molar refractivity (Wildman–Crippen MR) is 266 cm³/mol. The van der Waals surface area contributed by atoms with Crippen LogP contribution in [0.1, 0.15) is 69.1 Å². The second-order valence-corrected chi connectivity index (χ2v) is 16.8. The van der Waals surface area contributed by atoms with Gasteiger partial charge in [-0.2, -0.15) is 0 Å². The van der Waals surface area contributed by atoms with E-state index in [-0.39, 0.29) is 45.1 Å². The number of carbonyl (C=O) groups is 8. The lowest BCUT2D eigenvalue weighted by Crippen LogP contribution is -2.63. The van der Waals surface area contributed by atoms with E-state index in [4.69, 9.17) is 51.8 Å². The highest BCUT2D eigenvalue weighted by Gasteiger charge is 2.54. The van der Waals surface area contributed by atoms with Gasteiger partial charge in [0.05, 0.1) is 22.3 Å². The predicted octanol–water partition coefficient (Wildman–Crippen LogP) is 7.80. The number of esters is 8. The molecule has 1 saturated heterocycles. The van der Waals surface area contributed by atoms with Gasteiger partial charge in [0.25, 0.3) is 0 Å². The highest BCUT2D eigenvalue weighted by atomic mass is 16.7. The smallest absolute Gasteiger partial charge is 0.338 e. The fraction of sp³-hybridized carbons (Fsp3) is 0.175. The number of benzene rings is 6. The van der Waals surface area contributed by atoms with Crippen molar-refractivity contribution in [2.75, 3.05) is 6.61 Å². The quantitative estimate of drug-likeness (QED) is 0.0508. The third-order valence-electron chi connectivity index (χ3n) is 11.1. The minimum absolute atomic E-state index is 0.00891. The summed E-state index contributed by atoms with van der Waals surface area (Å²) < 4.78 is 64.8. The monoisotopic (exact) mass is 1050 g/mol. The van der Waals surface area contributed by atoms with Crippen molar-refractivity contribution < 1.29 is 90.1 Å². The largest absolute Gasteiger partial charge is 0.460 e. The molecule has 7 aromatic rings. The van der Waals surface area contributed by atoms with E-state index in [1.54, 1.807) is 72.8 Å². The standard InChI is InChI=1S/C57H44O20/c1-31(58)68-41-26-25-39(27-42(41)69-32(2)59)48-50(71-34(4)61)47(62)46-43(70-33(3)60)28-40(29-44(46)73-48)72-57-52(77-56(66)38-23-15-8-16-24-38)51(76-55(65)37-21-13-7-14-22-37)49(75-54(64)36-19-11-6-12-20-36)45(74-57)30-67-53(63)35-17-9-5-10-18-35/h5-29,45,49,51-52,57H,30H2,1-4H3/t45?,49-,51?,52?,57-/m1/s1. The Bertz CT molecular complexity index is 3430. The molecule has 0 N–H and O–H groups in total. The number of rotatable bonds is 16. The van der Waals surface area contributed by atoms with E-state index in [2.05, 4.69) is 0 Å². The van der Waals surface area contributed by atoms with Gasteiger partial charge < -0.3 is 51.8 Å². The Morgan fingerprint density at radius 3 is 1.43 bits per heavy atom. The molecule has 1 fully saturated rings. The van der Waals surface area contributed by atoms with E-state index in [1.165, 1.54) is 60.7 Å². The highest BCUT2D eigenvalue weighted by Crippen LogP contribution is 2.41. The Morgan fingerprint density at radius 1 is 0.468 bits per heavy atom. The van der Waals surface area contributed by atoms with Crippen LogP contribution in [0.25, 0.3) is 22.3 Å². The summed E-state index contributed by atoms with van der Waals surface area (Å²) in [6.07, 6.45) is -9.05. The number of ether oxygens (including phenoxy) is 10. The van der Waals surface area contributed by atoms with E-state index >= 15 is 0 Å². The number of hydrogen-bond donors (Lipinski definition) is 0.